The zero-order chi connectivity index (χ0) is 16.2. The highest BCUT2D eigenvalue weighted by Crippen LogP contribution is 2.35. The van der Waals surface area contributed by atoms with Crippen molar-refractivity contribution in [3.8, 4) is 0 Å². The number of aliphatic hydroxyl groups excluding tert-OH is 1. The highest BCUT2D eigenvalue weighted by atomic mass is 16.5. The summed E-state index contributed by atoms with van der Waals surface area (Å²) in [5, 5.41) is 10.4. The lowest BCUT2D eigenvalue weighted by molar-refractivity contribution is -0.919. The van der Waals surface area contributed by atoms with Gasteiger partial charge in [-0.25, -0.2) is 0 Å². The van der Waals surface area contributed by atoms with E-state index in [4.69, 9.17) is 9.47 Å². The summed E-state index contributed by atoms with van der Waals surface area (Å²) in [6, 6.07) is 0. The Kier molecular flexibility index (Phi) is 6.69. The summed E-state index contributed by atoms with van der Waals surface area (Å²) in [5.74, 6) is 2.07. The minimum absolute atomic E-state index is 0.327. The van der Waals surface area contributed by atoms with Gasteiger partial charge in [0.05, 0.1) is 33.0 Å². The first-order valence-electron chi connectivity index (χ1n) is 9.10. The molecule has 1 aliphatic carbocycles. The molecule has 1 heterocycles. The minimum atomic E-state index is -0.367. The standard InChI is InChI=1S/C18H36NO3/c1-14(2)17-6-5-15(3)11-18(17)22-13-16(20)12-19(4)7-9-21-10-8-19/h14-18,20H,5-13H2,1-4H3/q+1/t15-,16+,17-,18+/m1/s1. The van der Waals surface area contributed by atoms with Crippen LogP contribution in [-0.4, -0.2) is 68.3 Å². The number of hydrogen-bond acceptors (Lipinski definition) is 3. The molecule has 0 radical (unpaired) electrons. The smallest absolute Gasteiger partial charge is 0.126 e. The molecule has 1 saturated carbocycles. The van der Waals surface area contributed by atoms with Gasteiger partial charge < -0.3 is 19.1 Å². The topological polar surface area (TPSA) is 38.7 Å². The Morgan fingerprint density at radius 1 is 1.23 bits per heavy atom. The number of morpholine rings is 1. The second-order valence-electron chi connectivity index (χ2n) is 8.21. The van der Waals surface area contributed by atoms with Crippen LogP contribution in [0.4, 0.5) is 0 Å². The van der Waals surface area contributed by atoms with Gasteiger partial charge in [-0.2, -0.15) is 0 Å². The summed E-state index contributed by atoms with van der Waals surface area (Å²) in [6.07, 6.45) is 3.70. The Balaban J connectivity index is 1.79. The maximum atomic E-state index is 10.4. The second kappa shape index (κ2) is 8.09. The van der Waals surface area contributed by atoms with E-state index in [2.05, 4.69) is 27.8 Å². The number of aliphatic hydroxyl groups is 1. The quantitative estimate of drug-likeness (QED) is 0.765. The maximum Gasteiger partial charge on any atom is 0.126 e. The van der Waals surface area contributed by atoms with E-state index in [1.807, 2.05) is 0 Å². The molecule has 1 N–H and O–H groups in total. The van der Waals surface area contributed by atoms with Crippen molar-refractivity contribution in [3.05, 3.63) is 0 Å². The predicted molar refractivity (Wildman–Crippen MR) is 88.7 cm³/mol. The van der Waals surface area contributed by atoms with Crippen molar-refractivity contribution in [1.29, 1.82) is 0 Å². The lowest BCUT2D eigenvalue weighted by Crippen LogP contribution is -2.56. The third-order valence-corrected chi connectivity index (χ3v) is 5.67. The molecule has 2 rings (SSSR count). The van der Waals surface area contributed by atoms with Crippen LogP contribution in [0.2, 0.25) is 0 Å². The molecular formula is C18H36NO3+. The molecule has 4 heteroatoms. The fourth-order valence-electron chi connectivity index (χ4n) is 4.07. The minimum Gasteiger partial charge on any atom is -0.385 e. The molecule has 0 spiro atoms. The van der Waals surface area contributed by atoms with Crippen LogP contribution in [0.25, 0.3) is 0 Å². The van der Waals surface area contributed by atoms with Gasteiger partial charge >= 0.3 is 0 Å². The van der Waals surface area contributed by atoms with Crippen molar-refractivity contribution in [2.45, 2.75) is 52.2 Å². The van der Waals surface area contributed by atoms with Crippen molar-refractivity contribution < 1.29 is 19.1 Å². The van der Waals surface area contributed by atoms with E-state index < -0.39 is 0 Å². The monoisotopic (exact) mass is 314 g/mol. The number of rotatable bonds is 6. The molecule has 2 aliphatic rings. The molecule has 4 atom stereocenters. The Morgan fingerprint density at radius 3 is 2.55 bits per heavy atom. The van der Waals surface area contributed by atoms with E-state index in [0.717, 1.165) is 49.7 Å². The molecule has 1 saturated heterocycles. The van der Waals surface area contributed by atoms with Crippen LogP contribution in [-0.2, 0) is 9.47 Å². The van der Waals surface area contributed by atoms with Crippen LogP contribution >= 0.6 is 0 Å². The summed E-state index contributed by atoms with van der Waals surface area (Å²) >= 11 is 0. The first kappa shape index (κ1) is 18.2. The average Bonchev–Trinajstić information content (AvgIpc) is 2.45. The number of quaternary nitrogens is 1. The zero-order valence-electron chi connectivity index (χ0n) is 15.0. The summed E-state index contributed by atoms with van der Waals surface area (Å²) < 4.78 is 12.5. The van der Waals surface area contributed by atoms with Crippen molar-refractivity contribution in [1.82, 2.24) is 0 Å². The van der Waals surface area contributed by atoms with Gasteiger partial charge in [0.2, 0.25) is 0 Å². The van der Waals surface area contributed by atoms with E-state index in [-0.39, 0.29) is 6.10 Å². The maximum absolute atomic E-state index is 10.4. The van der Waals surface area contributed by atoms with E-state index >= 15 is 0 Å². The molecule has 2 fully saturated rings. The van der Waals surface area contributed by atoms with Crippen LogP contribution < -0.4 is 0 Å². The van der Waals surface area contributed by atoms with Gasteiger partial charge in [-0.3, -0.25) is 0 Å². The number of hydrogen-bond donors (Lipinski definition) is 1. The van der Waals surface area contributed by atoms with E-state index in [1.165, 1.54) is 12.8 Å². The Hall–Kier alpha value is -0.160. The number of likely N-dealkylation sites (N-methyl/N-ethyl adjacent to an activating group) is 1. The molecule has 1 aliphatic heterocycles. The molecule has 130 valence electrons. The SMILES string of the molecule is CC(C)[C@H]1CC[C@@H](C)C[C@@H]1OC[C@@H](O)C[N+]1(C)CCOCC1. The lowest BCUT2D eigenvalue weighted by Gasteiger charge is -2.40. The van der Waals surface area contributed by atoms with Crippen LogP contribution in [0.3, 0.4) is 0 Å². The zero-order valence-corrected chi connectivity index (χ0v) is 15.0. The van der Waals surface area contributed by atoms with Gasteiger partial charge in [0, 0.05) is 0 Å². The molecule has 0 aromatic carbocycles. The first-order chi connectivity index (χ1) is 10.4. The van der Waals surface area contributed by atoms with Crippen LogP contribution in [0.1, 0.15) is 40.0 Å². The summed E-state index contributed by atoms with van der Waals surface area (Å²) in [7, 11) is 2.21. The highest BCUT2D eigenvalue weighted by Gasteiger charge is 2.33. The largest absolute Gasteiger partial charge is 0.385 e. The molecule has 22 heavy (non-hydrogen) atoms. The van der Waals surface area contributed by atoms with Gasteiger partial charge in [-0.15, -0.1) is 0 Å². The Labute approximate surface area is 136 Å². The number of nitrogens with zero attached hydrogens (tertiary/aromatic N) is 1. The van der Waals surface area contributed by atoms with Gasteiger partial charge in [0.1, 0.15) is 25.7 Å². The average molecular weight is 314 g/mol. The van der Waals surface area contributed by atoms with Crippen molar-refractivity contribution in [2.24, 2.45) is 17.8 Å². The predicted octanol–water partition coefficient (Wildman–Crippen LogP) is 2.30. The van der Waals surface area contributed by atoms with E-state index in [9.17, 15) is 5.11 Å². The number of ether oxygens (including phenoxy) is 2. The summed E-state index contributed by atoms with van der Waals surface area (Å²) in [5.41, 5.74) is 0. The fraction of sp³-hybridized carbons (Fsp3) is 1.00. The molecule has 0 aromatic heterocycles. The second-order valence-corrected chi connectivity index (χ2v) is 8.21. The fourth-order valence-corrected chi connectivity index (χ4v) is 4.07. The Bertz CT molecular complexity index is 328. The first-order valence-corrected chi connectivity index (χ1v) is 9.10. The van der Waals surface area contributed by atoms with Crippen molar-refractivity contribution in [2.75, 3.05) is 46.5 Å². The lowest BCUT2D eigenvalue weighted by atomic mass is 9.75. The molecule has 0 unspecified atom stereocenters. The van der Waals surface area contributed by atoms with Crippen molar-refractivity contribution in [3.63, 3.8) is 0 Å². The molecule has 4 nitrogen and oxygen atoms in total. The highest BCUT2D eigenvalue weighted by molar-refractivity contribution is 4.81. The molecule has 0 bridgehead atoms. The summed E-state index contributed by atoms with van der Waals surface area (Å²) in [4.78, 5) is 0. The molecule has 0 amide bonds. The van der Waals surface area contributed by atoms with Crippen LogP contribution in [0, 0.1) is 17.8 Å². The van der Waals surface area contributed by atoms with Crippen LogP contribution in [0.15, 0.2) is 0 Å². The van der Waals surface area contributed by atoms with Gasteiger partial charge in [0.25, 0.3) is 0 Å². The molecule has 0 aromatic rings. The Morgan fingerprint density at radius 2 is 1.91 bits per heavy atom. The normalized spacial score (nSPS) is 33.8. The summed E-state index contributed by atoms with van der Waals surface area (Å²) in [6.45, 7) is 11.8. The van der Waals surface area contributed by atoms with Crippen molar-refractivity contribution >= 4 is 0 Å². The van der Waals surface area contributed by atoms with Gasteiger partial charge in [0.15, 0.2) is 0 Å². The van der Waals surface area contributed by atoms with Gasteiger partial charge in [-0.05, 0) is 30.6 Å². The third kappa shape index (κ3) is 5.19. The van der Waals surface area contributed by atoms with E-state index in [1.54, 1.807) is 0 Å². The third-order valence-electron chi connectivity index (χ3n) is 5.67. The van der Waals surface area contributed by atoms with Crippen LogP contribution in [0.5, 0.6) is 0 Å². The molecular weight excluding hydrogens is 278 g/mol. The van der Waals surface area contributed by atoms with E-state index in [0.29, 0.717) is 24.5 Å². The van der Waals surface area contributed by atoms with Gasteiger partial charge in [-0.1, -0.05) is 27.2 Å².